The number of nitrogens with zero attached hydrogens (tertiary/aromatic N) is 1. The lowest BCUT2D eigenvalue weighted by Crippen LogP contribution is -2.33. The molecule has 2 atom stereocenters. The highest BCUT2D eigenvalue weighted by atomic mass is 32.2. The second kappa shape index (κ2) is 8.04. The average molecular weight is 394 g/mol. The maximum atomic E-state index is 13.9. The average Bonchev–Trinajstić information content (AvgIpc) is 3.00. The van der Waals surface area contributed by atoms with Crippen molar-refractivity contribution in [3.63, 3.8) is 0 Å². The number of rotatable bonds is 6. The van der Waals surface area contributed by atoms with Gasteiger partial charge in [-0.05, 0) is 69.1 Å². The Balaban J connectivity index is 1.70. The van der Waals surface area contributed by atoms with Gasteiger partial charge in [-0.3, -0.25) is 0 Å². The van der Waals surface area contributed by atoms with Gasteiger partial charge in [0, 0.05) is 24.2 Å². The minimum atomic E-state index is -3.63. The standard InChI is InChI=1S/C20H24F2N2O2S/c1-24(2)13-14-3-7-17(11-14)23-27(25,26)18-8-4-15(5-9-18)19-10-6-16(21)12-20(19)22/h4-6,8-10,12,14,17,23H,3,7,11,13H2,1-2H3/t14-,17+/m1/s1. The van der Waals surface area contributed by atoms with E-state index in [4.69, 9.17) is 0 Å². The second-order valence-corrected chi connectivity index (χ2v) is 9.12. The highest BCUT2D eigenvalue weighted by molar-refractivity contribution is 7.89. The van der Waals surface area contributed by atoms with Gasteiger partial charge in [0.25, 0.3) is 0 Å². The summed E-state index contributed by atoms with van der Waals surface area (Å²) in [6, 6.07) is 9.24. The van der Waals surface area contributed by atoms with E-state index < -0.39 is 21.7 Å². The Bertz CT molecular complexity index is 899. The molecule has 3 rings (SSSR count). The number of nitrogens with one attached hydrogen (secondary N) is 1. The molecule has 0 bridgehead atoms. The zero-order valence-corrected chi connectivity index (χ0v) is 16.3. The van der Waals surface area contributed by atoms with Crippen LogP contribution in [0.4, 0.5) is 8.78 Å². The summed E-state index contributed by atoms with van der Waals surface area (Å²) in [6.07, 6.45) is 2.67. The lowest BCUT2D eigenvalue weighted by molar-refractivity contribution is 0.325. The van der Waals surface area contributed by atoms with Crippen LogP contribution in [0.25, 0.3) is 11.1 Å². The van der Waals surface area contributed by atoms with Crippen LogP contribution in [0.1, 0.15) is 19.3 Å². The van der Waals surface area contributed by atoms with Crippen LogP contribution in [0.15, 0.2) is 47.4 Å². The maximum absolute atomic E-state index is 13.9. The van der Waals surface area contributed by atoms with Crippen LogP contribution < -0.4 is 4.72 Å². The molecule has 1 N–H and O–H groups in total. The summed E-state index contributed by atoms with van der Waals surface area (Å²) in [5.74, 6) is -0.832. The molecular weight excluding hydrogens is 370 g/mol. The molecule has 1 aliphatic rings. The van der Waals surface area contributed by atoms with Crippen LogP contribution in [-0.2, 0) is 10.0 Å². The summed E-state index contributed by atoms with van der Waals surface area (Å²) in [4.78, 5) is 2.26. The zero-order valence-electron chi connectivity index (χ0n) is 15.5. The molecule has 0 amide bonds. The van der Waals surface area contributed by atoms with Gasteiger partial charge in [0.05, 0.1) is 4.90 Å². The Morgan fingerprint density at radius 2 is 1.78 bits per heavy atom. The maximum Gasteiger partial charge on any atom is 0.240 e. The fourth-order valence-corrected chi connectivity index (χ4v) is 4.97. The van der Waals surface area contributed by atoms with Crippen molar-refractivity contribution in [3.8, 4) is 11.1 Å². The van der Waals surface area contributed by atoms with Gasteiger partial charge in [-0.25, -0.2) is 21.9 Å². The van der Waals surface area contributed by atoms with Crippen molar-refractivity contribution in [1.82, 2.24) is 9.62 Å². The van der Waals surface area contributed by atoms with E-state index in [0.29, 0.717) is 11.5 Å². The monoisotopic (exact) mass is 394 g/mol. The Morgan fingerprint density at radius 3 is 2.41 bits per heavy atom. The van der Waals surface area contributed by atoms with Crippen molar-refractivity contribution < 1.29 is 17.2 Å². The van der Waals surface area contributed by atoms with Gasteiger partial charge >= 0.3 is 0 Å². The summed E-state index contributed by atoms with van der Waals surface area (Å²) in [6.45, 7) is 0.955. The van der Waals surface area contributed by atoms with E-state index in [-0.39, 0.29) is 16.5 Å². The van der Waals surface area contributed by atoms with E-state index in [1.165, 1.54) is 36.4 Å². The molecule has 146 valence electrons. The van der Waals surface area contributed by atoms with E-state index in [9.17, 15) is 17.2 Å². The van der Waals surface area contributed by atoms with Crippen LogP contribution in [0.3, 0.4) is 0 Å². The molecule has 0 unspecified atom stereocenters. The third-order valence-corrected chi connectivity index (χ3v) is 6.43. The minimum absolute atomic E-state index is 0.0610. The Kier molecular flexibility index (Phi) is 5.93. The normalized spacial score (nSPS) is 20.3. The fourth-order valence-electron chi connectivity index (χ4n) is 3.69. The summed E-state index contributed by atoms with van der Waals surface area (Å²) in [5, 5.41) is 0. The predicted octanol–water partition coefficient (Wildman–Crippen LogP) is 3.64. The van der Waals surface area contributed by atoms with Gasteiger partial charge in [0.2, 0.25) is 10.0 Å². The van der Waals surface area contributed by atoms with Gasteiger partial charge in [0.15, 0.2) is 0 Å². The van der Waals surface area contributed by atoms with Gasteiger partial charge in [0.1, 0.15) is 11.6 Å². The molecule has 1 saturated carbocycles. The van der Waals surface area contributed by atoms with E-state index >= 15 is 0 Å². The van der Waals surface area contributed by atoms with Crippen molar-refractivity contribution in [1.29, 1.82) is 0 Å². The van der Waals surface area contributed by atoms with Crippen LogP contribution in [-0.4, -0.2) is 40.0 Å². The summed E-state index contributed by atoms with van der Waals surface area (Å²) < 4.78 is 55.0. The summed E-state index contributed by atoms with van der Waals surface area (Å²) >= 11 is 0. The van der Waals surface area contributed by atoms with E-state index in [2.05, 4.69) is 9.62 Å². The van der Waals surface area contributed by atoms with Gasteiger partial charge in [-0.2, -0.15) is 0 Å². The Hall–Kier alpha value is -1.83. The Labute approximate surface area is 159 Å². The lowest BCUT2D eigenvalue weighted by atomic mass is 10.1. The van der Waals surface area contributed by atoms with Gasteiger partial charge < -0.3 is 4.90 Å². The zero-order chi connectivity index (χ0) is 19.6. The van der Waals surface area contributed by atoms with Crippen LogP contribution in [0.5, 0.6) is 0 Å². The van der Waals surface area contributed by atoms with E-state index in [0.717, 1.165) is 31.9 Å². The molecule has 27 heavy (non-hydrogen) atoms. The molecule has 0 aliphatic heterocycles. The second-order valence-electron chi connectivity index (χ2n) is 7.41. The first-order chi connectivity index (χ1) is 12.7. The number of sulfonamides is 1. The molecule has 4 nitrogen and oxygen atoms in total. The highest BCUT2D eigenvalue weighted by Gasteiger charge is 2.29. The molecule has 1 fully saturated rings. The lowest BCUT2D eigenvalue weighted by Gasteiger charge is -2.17. The molecule has 0 radical (unpaired) electrons. The van der Waals surface area contributed by atoms with E-state index in [1.807, 2.05) is 14.1 Å². The molecule has 7 heteroatoms. The molecule has 0 heterocycles. The molecule has 1 aliphatic carbocycles. The summed E-state index contributed by atoms with van der Waals surface area (Å²) in [7, 11) is 0.405. The fraction of sp³-hybridized carbons (Fsp3) is 0.400. The van der Waals surface area contributed by atoms with Crippen molar-refractivity contribution in [2.24, 2.45) is 5.92 Å². The first-order valence-electron chi connectivity index (χ1n) is 8.97. The number of benzene rings is 2. The highest BCUT2D eigenvalue weighted by Crippen LogP contribution is 2.28. The number of hydrogen-bond acceptors (Lipinski definition) is 3. The molecule has 2 aromatic rings. The number of halogens is 2. The first-order valence-corrected chi connectivity index (χ1v) is 10.5. The first kappa shape index (κ1) is 19.9. The number of hydrogen-bond donors (Lipinski definition) is 1. The molecule has 2 aromatic carbocycles. The molecule has 0 spiro atoms. The quantitative estimate of drug-likeness (QED) is 0.814. The van der Waals surface area contributed by atoms with Crippen molar-refractivity contribution in [2.75, 3.05) is 20.6 Å². The Morgan fingerprint density at radius 1 is 1.07 bits per heavy atom. The van der Waals surface area contributed by atoms with Crippen molar-refractivity contribution in [3.05, 3.63) is 54.1 Å². The van der Waals surface area contributed by atoms with Crippen LogP contribution in [0, 0.1) is 17.6 Å². The van der Waals surface area contributed by atoms with Crippen LogP contribution in [0.2, 0.25) is 0 Å². The third kappa shape index (κ3) is 4.91. The largest absolute Gasteiger partial charge is 0.309 e. The molecule has 0 aromatic heterocycles. The van der Waals surface area contributed by atoms with Crippen LogP contribution >= 0.6 is 0 Å². The smallest absolute Gasteiger partial charge is 0.240 e. The van der Waals surface area contributed by atoms with Gasteiger partial charge in [-0.1, -0.05) is 12.1 Å². The topological polar surface area (TPSA) is 49.4 Å². The SMILES string of the molecule is CN(C)C[C@@H]1CC[C@H](NS(=O)(=O)c2ccc(-c3ccc(F)cc3F)cc2)C1. The van der Waals surface area contributed by atoms with Gasteiger partial charge in [-0.15, -0.1) is 0 Å². The van der Waals surface area contributed by atoms with Crippen molar-refractivity contribution >= 4 is 10.0 Å². The molecular formula is C20H24F2N2O2S. The summed E-state index contributed by atoms with van der Waals surface area (Å²) in [5.41, 5.74) is 0.731. The van der Waals surface area contributed by atoms with E-state index in [1.54, 1.807) is 0 Å². The predicted molar refractivity (Wildman–Crippen MR) is 102 cm³/mol. The third-order valence-electron chi connectivity index (χ3n) is 4.89. The molecule has 0 saturated heterocycles. The minimum Gasteiger partial charge on any atom is -0.309 e. The van der Waals surface area contributed by atoms with Crippen molar-refractivity contribution in [2.45, 2.75) is 30.2 Å².